The number of hydrogen-bond donors (Lipinski definition) is 2. The van der Waals surface area contributed by atoms with Crippen molar-refractivity contribution >= 4 is 5.91 Å². The third kappa shape index (κ3) is 5.99. The van der Waals surface area contributed by atoms with Crippen LogP contribution < -0.4 is 15.4 Å². The molecule has 1 rings (SSSR count). The van der Waals surface area contributed by atoms with E-state index >= 15 is 0 Å². The highest BCUT2D eigenvalue weighted by atomic mass is 16.5. The van der Waals surface area contributed by atoms with Crippen molar-refractivity contribution in [2.75, 3.05) is 33.9 Å². The van der Waals surface area contributed by atoms with Crippen LogP contribution in [-0.2, 0) is 16.1 Å². The monoisotopic (exact) mass is 281 g/mol. The van der Waals surface area contributed by atoms with E-state index < -0.39 is 0 Å². The molecule has 0 radical (unpaired) electrons. The van der Waals surface area contributed by atoms with Gasteiger partial charge in [0.1, 0.15) is 5.75 Å². The van der Waals surface area contributed by atoms with Crippen molar-refractivity contribution in [1.82, 2.24) is 15.6 Å². The number of pyridine rings is 1. The summed E-state index contributed by atoms with van der Waals surface area (Å²) in [5.74, 6) is 0.495. The maximum absolute atomic E-state index is 11.6. The topological polar surface area (TPSA) is 72.5 Å². The molecule has 6 nitrogen and oxygen atoms in total. The molecule has 20 heavy (non-hydrogen) atoms. The van der Waals surface area contributed by atoms with Crippen LogP contribution >= 0.6 is 0 Å². The zero-order valence-corrected chi connectivity index (χ0v) is 12.4. The van der Waals surface area contributed by atoms with E-state index in [0.717, 1.165) is 17.8 Å². The Morgan fingerprint density at radius 1 is 1.40 bits per heavy atom. The van der Waals surface area contributed by atoms with Crippen LogP contribution in [0.1, 0.15) is 17.8 Å². The van der Waals surface area contributed by atoms with Crippen molar-refractivity contribution in [3.05, 3.63) is 23.5 Å². The first-order valence-corrected chi connectivity index (χ1v) is 6.67. The van der Waals surface area contributed by atoms with E-state index in [1.807, 2.05) is 26.1 Å². The minimum absolute atomic E-state index is 0.00552. The molecule has 2 N–H and O–H groups in total. The third-order valence-corrected chi connectivity index (χ3v) is 2.62. The summed E-state index contributed by atoms with van der Waals surface area (Å²) < 4.78 is 10.4. The molecule has 1 aromatic heterocycles. The van der Waals surface area contributed by atoms with Crippen LogP contribution in [0.4, 0.5) is 0 Å². The third-order valence-electron chi connectivity index (χ3n) is 2.62. The van der Waals surface area contributed by atoms with E-state index in [2.05, 4.69) is 15.6 Å². The molecule has 0 unspecified atom stereocenters. The molecule has 1 heterocycles. The van der Waals surface area contributed by atoms with Crippen LogP contribution in [0.15, 0.2) is 12.1 Å². The maximum Gasteiger partial charge on any atom is 0.257 e. The molecule has 0 spiro atoms. The molecule has 112 valence electrons. The number of amides is 1. The Hall–Kier alpha value is -1.66. The Kier molecular flexibility index (Phi) is 7.60. The molecule has 1 amide bonds. The number of aromatic nitrogens is 1. The van der Waals surface area contributed by atoms with Gasteiger partial charge in [0.25, 0.3) is 5.91 Å². The second-order valence-electron chi connectivity index (χ2n) is 4.41. The van der Waals surface area contributed by atoms with E-state index in [9.17, 15) is 4.79 Å². The SMILES string of the molecule is CNCc1nc(C)ccc1OCC(=O)NCCCOC. The molecule has 1 aromatic rings. The minimum Gasteiger partial charge on any atom is -0.482 e. The van der Waals surface area contributed by atoms with Crippen molar-refractivity contribution in [1.29, 1.82) is 0 Å². The predicted molar refractivity (Wildman–Crippen MR) is 76.7 cm³/mol. The van der Waals surface area contributed by atoms with Crippen molar-refractivity contribution in [3.8, 4) is 5.75 Å². The fourth-order valence-electron chi connectivity index (χ4n) is 1.66. The molecular weight excluding hydrogens is 258 g/mol. The van der Waals surface area contributed by atoms with E-state index in [1.54, 1.807) is 7.11 Å². The highest BCUT2D eigenvalue weighted by Gasteiger charge is 2.08. The number of nitrogens with one attached hydrogen (secondary N) is 2. The predicted octanol–water partition coefficient (Wildman–Crippen LogP) is 0.641. The number of nitrogens with zero attached hydrogens (tertiary/aromatic N) is 1. The zero-order chi connectivity index (χ0) is 14.8. The highest BCUT2D eigenvalue weighted by Crippen LogP contribution is 2.16. The van der Waals surface area contributed by atoms with Gasteiger partial charge in [0.2, 0.25) is 0 Å². The molecule has 0 saturated heterocycles. The molecule has 0 atom stereocenters. The lowest BCUT2D eigenvalue weighted by atomic mass is 10.3. The van der Waals surface area contributed by atoms with Gasteiger partial charge in [0.05, 0.1) is 5.69 Å². The number of methoxy groups -OCH3 is 1. The van der Waals surface area contributed by atoms with Gasteiger partial charge >= 0.3 is 0 Å². The number of ether oxygens (including phenoxy) is 2. The van der Waals surface area contributed by atoms with Gasteiger partial charge in [0.15, 0.2) is 6.61 Å². The van der Waals surface area contributed by atoms with Gasteiger partial charge in [-0.15, -0.1) is 0 Å². The average molecular weight is 281 g/mol. The van der Waals surface area contributed by atoms with Crippen LogP contribution in [0.3, 0.4) is 0 Å². The molecule has 0 aromatic carbocycles. The van der Waals surface area contributed by atoms with E-state index in [0.29, 0.717) is 25.4 Å². The summed E-state index contributed by atoms with van der Waals surface area (Å²) in [7, 11) is 3.48. The normalized spacial score (nSPS) is 10.3. The second kappa shape index (κ2) is 9.28. The Morgan fingerprint density at radius 3 is 2.90 bits per heavy atom. The lowest BCUT2D eigenvalue weighted by molar-refractivity contribution is -0.123. The number of aryl methyl sites for hydroxylation is 1. The lowest BCUT2D eigenvalue weighted by Gasteiger charge is -2.11. The van der Waals surface area contributed by atoms with Gasteiger partial charge in [-0.1, -0.05) is 0 Å². The summed E-state index contributed by atoms with van der Waals surface area (Å²) in [5.41, 5.74) is 1.73. The first-order valence-electron chi connectivity index (χ1n) is 6.67. The van der Waals surface area contributed by atoms with Gasteiger partial charge in [-0.3, -0.25) is 9.78 Å². The van der Waals surface area contributed by atoms with Crippen LogP contribution in [0, 0.1) is 6.92 Å². The van der Waals surface area contributed by atoms with Crippen LogP contribution in [0.2, 0.25) is 0 Å². The Bertz CT molecular complexity index is 424. The smallest absolute Gasteiger partial charge is 0.257 e. The van der Waals surface area contributed by atoms with Crippen molar-refractivity contribution in [3.63, 3.8) is 0 Å². The summed E-state index contributed by atoms with van der Waals surface area (Å²) in [6.45, 7) is 3.74. The largest absolute Gasteiger partial charge is 0.482 e. The van der Waals surface area contributed by atoms with E-state index in [1.165, 1.54) is 0 Å². The summed E-state index contributed by atoms with van der Waals surface area (Å²) in [5, 5.41) is 5.80. The number of hydrogen-bond acceptors (Lipinski definition) is 5. The van der Waals surface area contributed by atoms with E-state index in [4.69, 9.17) is 9.47 Å². The van der Waals surface area contributed by atoms with Gasteiger partial charge in [-0.2, -0.15) is 0 Å². The summed E-state index contributed by atoms with van der Waals surface area (Å²) >= 11 is 0. The van der Waals surface area contributed by atoms with Crippen molar-refractivity contribution in [2.24, 2.45) is 0 Å². The fraction of sp³-hybridized carbons (Fsp3) is 0.571. The van der Waals surface area contributed by atoms with Gasteiger partial charge in [-0.05, 0) is 32.5 Å². The van der Waals surface area contributed by atoms with Crippen molar-refractivity contribution < 1.29 is 14.3 Å². The summed E-state index contributed by atoms with van der Waals surface area (Å²) in [6.07, 6.45) is 0.791. The molecule has 0 bridgehead atoms. The molecule has 0 aliphatic carbocycles. The highest BCUT2D eigenvalue weighted by molar-refractivity contribution is 5.77. The summed E-state index contributed by atoms with van der Waals surface area (Å²) in [4.78, 5) is 16.0. The van der Waals surface area contributed by atoms with Gasteiger partial charge < -0.3 is 20.1 Å². The van der Waals surface area contributed by atoms with Crippen LogP contribution in [-0.4, -0.2) is 44.8 Å². The van der Waals surface area contributed by atoms with E-state index in [-0.39, 0.29) is 12.5 Å². The quantitative estimate of drug-likeness (QED) is 0.650. The zero-order valence-electron chi connectivity index (χ0n) is 12.4. The first kappa shape index (κ1) is 16.4. The number of rotatable bonds is 9. The summed E-state index contributed by atoms with van der Waals surface area (Å²) in [6, 6.07) is 3.71. The molecule has 0 fully saturated rings. The molecular formula is C14H23N3O3. The molecule has 0 aliphatic rings. The van der Waals surface area contributed by atoms with Gasteiger partial charge in [-0.25, -0.2) is 0 Å². The lowest BCUT2D eigenvalue weighted by Crippen LogP contribution is -2.30. The molecule has 0 saturated carbocycles. The first-order chi connectivity index (χ1) is 9.67. The van der Waals surface area contributed by atoms with Crippen LogP contribution in [0.25, 0.3) is 0 Å². The molecule has 6 heteroatoms. The Balaban J connectivity index is 2.42. The maximum atomic E-state index is 11.6. The van der Waals surface area contributed by atoms with Crippen LogP contribution in [0.5, 0.6) is 5.75 Å². The molecule has 0 aliphatic heterocycles. The Labute approximate surface area is 119 Å². The average Bonchev–Trinajstić information content (AvgIpc) is 2.43. The Morgan fingerprint density at radius 2 is 2.20 bits per heavy atom. The number of carbonyl (C=O) groups is 1. The fourth-order valence-corrected chi connectivity index (χ4v) is 1.66. The number of carbonyl (C=O) groups excluding carboxylic acids is 1. The van der Waals surface area contributed by atoms with Crippen molar-refractivity contribution in [2.45, 2.75) is 19.9 Å². The van der Waals surface area contributed by atoms with Gasteiger partial charge in [0, 0.05) is 32.5 Å². The minimum atomic E-state index is -0.142. The standard InChI is InChI=1S/C14H23N3O3/c1-11-5-6-13(12(17-11)9-15-2)20-10-14(18)16-7-4-8-19-3/h5-6,15H,4,7-10H2,1-3H3,(H,16,18). The second-order valence-corrected chi connectivity index (χ2v) is 4.41.